The van der Waals surface area contributed by atoms with Crippen LogP contribution < -0.4 is 0 Å². The topological polar surface area (TPSA) is 18.5 Å². The molecule has 0 aliphatic carbocycles. The molecule has 3 heteroatoms. The third-order valence-corrected chi connectivity index (χ3v) is 2.26. The number of hydrogen-bond donors (Lipinski definition) is 0. The molecule has 14 heavy (non-hydrogen) atoms. The molecule has 82 valence electrons. The zero-order valence-corrected chi connectivity index (χ0v) is 9.53. The van der Waals surface area contributed by atoms with Crippen molar-refractivity contribution in [2.24, 2.45) is 0 Å². The summed E-state index contributed by atoms with van der Waals surface area (Å²) in [5, 5.41) is 0. The van der Waals surface area contributed by atoms with Gasteiger partial charge >= 0.3 is 0 Å². The SMILES string of the molecule is C=CC[N+](C)(CC=C)CC(OC)OC. The highest BCUT2D eigenvalue weighted by Crippen LogP contribution is 2.07. The summed E-state index contributed by atoms with van der Waals surface area (Å²) in [5.74, 6) is 0. The molecule has 0 fully saturated rings. The Morgan fingerprint density at radius 2 is 1.57 bits per heavy atom. The van der Waals surface area contributed by atoms with Gasteiger partial charge in [-0.1, -0.05) is 13.2 Å². The van der Waals surface area contributed by atoms with Crippen molar-refractivity contribution < 1.29 is 14.0 Å². The molecule has 0 radical (unpaired) electrons. The first kappa shape index (κ1) is 13.4. The Labute approximate surface area is 87.2 Å². The molecule has 0 heterocycles. The van der Waals surface area contributed by atoms with E-state index < -0.39 is 0 Å². The van der Waals surface area contributed by atoms with Crippen LogP contribution >= 0.6 is 0 Å². The molecule has 0 saturated carbocycles. The van der Waals surface area contributed by atoms with Gasteiger partial charge < -0.3 is 14.0 Å². The van der Waals surface area contributed by atoms with Crippen LogP contribution in [0.25, 0.3) is 0 Å². The Bertz CT molecular complexity index is 166. The first-order valence-corrected chi connectivity index (χ1v) is 4.73. The van der Waals surface area contributed by atoms with Crippen LogP contribution in [0.15, 0.2) is 25.3 Å². The second-order valence-electron chi connectivity index (χ2n) is 3.65. The smallest absolute Gasteiger partial charge is 0.207 e. The quantitative estimate of drug-likeness (QED) is 0.335. The molecule has 3 nitrogen and oxygen atoms in total. The molecule has 0 N–H and O–H groups in total. The highest BCUT2D eigenvalue weighted by atomic mass is 16.7. The molecule has 0 aromatic rings. The minimum atomic E-state index is -0.167. The van der Waals surface area contributed by atoms with Gasteiger partial charge in [-0.2, -0.15) is 0 Å². The van der Waals surface area contributed by atoms with E-state index in [0.717, 1.165) is 24.1 Å². The van der Waals surface area contributed by atoms with Crippen LogP contribution in [-0.2, 0) is 9.47 Å². The lowest BCUT2D eigenvalue weighted by molar-refractivity contribution is -0.904. The van der Waals surface area contributed by atoms with Gasteiger partial charge in [-0.3, -0.25) is 0 Å². The molecule has 0 spiro atoms. The molecule has 0 saturated heterocycles. The number of methoxy groups -OCH3 is 2. The summed E-state index contributed by atoms with van der Waals surface area (Å²) in [4.78, 5) is 0. The van der Waals surface area contributed by atoms with Crippen molar-refractivity contribution in [1.29, 1.82) is 0 Å². The number of nitrogens with zero attached hydrogens (tertiary/aromatic N) is 1. The van der Waals surface area contributed by atoms with E-state index in [-0.39, 0.29) is 6.29 Å². The van der Waals surface area contributed by atoms with Gasteiger partial charge in [0.2, 0.25) is 6.29 Å². The van der Waals surface area contributed by atoms with E-state index in [1.54, 1.807) is 14.2 Å². The summed E-state index contributed by atoms with van der Waals surface area (Å²) in [6, 6.07) is 0. The van der Waals surface area contributed by atoms with E-state index >= 15 is 0 Å². The van der Waals surface area contributed by atoms with Crippen LogP contribution in [0, 0.1) is 0 Å². The van der Waals surface area contributed by atoms with Gasteiger partial charge in [0.15, 0.2) is 0 Å². The summed E-state index contributed by atoms with van der Waals surface area (Å²) in [6.45, 7) is 10.1. The molecule has 0 aromatic carbocycles. The minimum Gasteiger partial charge on any atom is -0.351 e. The normalized spacial score (nSPS) is 11.7. The van der Waals surface area contributed by atoms with Crippen molar-refractivity contribution >= 4 is 0 Å². The predicted molar refractivity (Wildman–Crippen MR) is 59.0 cm³/mol. The largest absolute Gasteiger partial charge is 0.351 e. The third-order valence-electron chi connectivity index (χ3n) is 2.26. The van der Waals surface area contributed by atoms with Crippen LogP contribution in [0.2, 0.25) is 0 Å². The van der Waals surface area contributed by atoms with Crippen molar-refractivity contribution in [2.45, 2.75) is 6.29 Å². The Morgan fingerprint density at radius 1 is 1.14 bits per heavy atom. The standard InChI is InChI=1S/C11H22NO2/c1-6-8-12(3,9-7-2)10-11(13-4)14-5/h6-7,11H,1-2,8-10H2,3-5H3/q+1. The van der Waals surface area contributed by atoms with Gasteiger partial charge in [-0.25, -0.2) is 0 Å². The Hall–Kier alpha value is -0.640. The van der Waals surface area contributed by atoms with Gasteiger partial charge in [0, 0.05) is 14.2 Å². The summed E-state index contributed by atoms with van der Waals surface area (Å²) >= 11 is 0. The van der Waals surface area contributed by atoms with Gasteiger partial charge in [-0.15, -0.1) is 0 Å². The zero-order valence-electron chi connectivity index (χ0n) is 9.53. The van der Waals surface area contributed by atoms with Crippen LogP contribution in [0.4, 0.5) is 0 Å². The van der Waals surface area contributed by atoms with Gasteiger partial charge in [0.25, 0.3) is 0 Å². The summed E-state index contributed by atoms with van der Waals surface area (Å²) < 4.78 is 11.2. The fourth-order valence-corrected chi connectivity index (χ4v) is 1.45. The lowest BCUT2D eigenvalue weighted by atomic mass is 10.3. The molecular weight excluding hydrogens is 178 g/mol. The Morgan fingerprint density at radius 3 is 1.86 bits per heavy atom. The van der Waals surface area contributed by atoms with Gasteiger partial charge in [0.05, 0.1) is 20.1 Å². The van der Waals surface area contributed by atoms with Gasteiger partial charge in [0.1, 0.15) is 6.54 Å². The van der Waals surface area contributed by atoms with Crippen LogP contribution in [0.1, 0.15) is 0 Å². The molecule has 0 atom stereocenters. The summed E-state index contributed by atoms with van der Waals surface area (Å²) in [6.07, 6.45) is 3.65. The average Bonchev–Trinajstić information content (AvgIpc) is 2.15. The van der Waals surface area contributed by atoms with Crippen molar-refractivity contribution in [1.82, 2.24) is 0 Å². The van der Waals surface area contributed by atoms with E-state index in [1.165, 1.54) is 0 Å². The Kier molecular flexibility index (Phi) is 6.45. The molecule has 0 bridgehead atoms. The summed E-state index contributed by atoms with van der Waals surface area (Å²) in [7, 11) is 5.44. The lowest BCUT2D eigenvalue weighted by Gasteiger charge is -2.34. The second-order valence-corrected chi connectivity index (χ2v) is 3.65. The number of likely N-dealkylation sites (N-methyl/N-ethyl adjacent to an activating group) is 1. The third kappa shape index (κ3) is 4.56. The molecular formula is C11H22NO2+. The maximum Gasteiger partial charge on any atom is 0.207 e. The van der Waals surface area contributed by atoms with E-state index in [1.807, 2.05) is 12.2 Å². The molecule has 0 aliphatic heterocycles. The van der Waals surface area contributed by atoms with Crippen molar-refractivity contribution in [3.8, 4) is 0 Å². The average molecular weight is 200 g/mol. The number of hydrogen-bond acceptors (Lipinski definition) is 2. The zero-order chi connectivity index (χ0) is 11.0. The minimum absolute atomic E-state index is 0.167. The monoisotopic (exact) mass is 200 g/mol. The fraction of sp³-hybridized carbons (Fsp3) is 0.636. The fourth-order valence-electron chi connectivity index (χ4n) is 1.45. The van der Waals surface area contributed by atoms with Gasteiger partial charge in [-0.05, 0) is 12.2 Å². The van der Waals surface area contributed by atoms with E-state index in [0.29, 0.717) is 0 Å². The second kappa shape index (κ2) is 6.76. The number of ether oxygens (including phenoxy) is 2. The Balaban J connectivity index is 4.31. The predicted octanol–water partition coefficient (Wildman–Crippen LogP) is 1.42. The number of rotatable bonds is 8. The molecule has 0 aliphatic rings. The van der Waals surface area contributed by atoms with Crippen LogP contribution in [0.3, 0.4) is 0 Å². The molecule has 0 aromatic heterocycles. The lowest BCUT2D eigenvalue weighted by Crippen LogP contribution is -2.49. The van der Waals surface area contributed by atoms with E-state index in [9.17, 15) is 0 Å². The van der Waals surface area contributed by atoms with Crippen molar-refractivity contribution in [2.75, 3.05) is 40.9 Å². The van der Waals surface area contributed by atoms with E-state index in [2.05, 4.69) is 20.2 Å². The van der Waals surface area contributed by atoms with E-state index in [4.69, 9.17) is 9.47 Å². The molecule has 0 amide bonds. The highest BCUT2D eigenvalue weighted by Gasteiger charge is 2.23. The number of quaternary nitrogens is 1. The summed E-state index contributed by atoms with van der Waals surface area (Å²) in [5.41, 5.74) is 0. The maximum absolute atomic E-state index is 5.18. The first-order chi connectivity index (χ1) is 6.61. The highest BCUT2D eigenvalue weighted by molar-refractivity contribution is 4.71. The maximum atomic E-state index is 5.18. The van der Waals surface area contributed by atoms with Crippen molar-refractivity contribution in [3.63, 3.8) is 0 Å². The van der Waals surface area contributed by atoms with Crippen LogP contribution in [-0.4, -0.2) is 51.7 Å². The first-order valence-electron chi connectivity index (χ1n) is 4.73. The molecule has 0 unspecified atom stereocenters. The van der Waals surface area contributed by atoms with Crippen LogP contribution in [0.5, 0.6) is 0 Å². The van der Waals surface area contributed by atoms with Crippen molar-refractivity contribution in [3.05, 3.63) is 25.3 Å². The molecule has 0 rings (SSSR count).